The van der Waals surface area contributed by atoms with Crippen molar-refractivity contribution < 1.29 is 31.8 Å². The molecule has 3 aromatic rings. The van der Waals surface area contributed by atoms with Crippen LogP contribution < -0.4 is 19.7 Å². The number of benzene rings is 1. The van der Waals surface area contributed by atoms with Crippen LogP contribution in [0.5, 0.6) is 5.75 Å². The fraction of sp³-hybridized carbons (Fsp3) is 0.481. The molecule has 40 heavy (non-hydrogen) atoms. The van der Waals surface area contributed by atoms with Crippen molar-refractivity contribution in [2.45, 2.75) is 50.6 Å². The summed E-state index contributed by atoms with van der Waals surface area (Å²) in [6.07, 6.45) is 7.97. The zero-order valence-corrected chi connectivity index (χ0v) is 22.6. The number of nitrogens with zero attached hydrogens (tertiary/aromatic N) is 3. The van der Waals surface area contributed by atoms with Gasteiger partial charge in [0.25, 0.3) is 11.8 Å². The van der Waals surface area contributed by atoms with Crippen LogP contribution >= 0.6 is 0 Å². The molecule has 10 nitrogen and oxygen atoms in total. The van der Waals surface area contributed by atoms with Crippen molar-refractivity contribution >= 4 is 38.6 Å². The van der Waals surface area contributed by atoms with Crippen molar-refractivity contribution in [3.8, 4) is 5.75 Å². The van der Waals surface area contributed by atoms with E-state index in [9.17, 15) is 22.0 Å². The van der Waals surface area contributed by atoms with Crippen molar-refractivity contribution in [1.82, 2.24) is 9.38 Å². The number of ether oxygens (including phenoxy) is 1. The molecule has 3 fully saturated rings. The molecule has 3 N–H and O–H groups in total. The molecule has 3 heterocycles. The molecular formula is C27H31F2N5O5S. The van der Waals surface area contributed by atoms with Gasteiger partial charge in [-0.15, -0.1) is 0 Å². The quantitative estimate of drug-likeness (QED) is 0.354. The number of amides is 1. The van der Waals surface area contributed by atoms with Crippen molar-refractivity contribution in [3.63, 3.8) is 0 Å². The first-order chi connectivity index (χ1) is 19.0. The van der Waals surface area contributed by atoms with Crippen molar-refractivity contribution in [2.75, 3.05) is 40.4 Å². The van der Waals surface area contributed by atoms with E-state index in [1.54, 1.807) is 41.2 Å². The van der Waals surface area contributed by atoms with E-state index in [1.807, 2.05) is 0 Å². The van der Waals surface area contributed by atoms with Gasteiger partial charge in [-0.2, -0.15) is 0 Å². The average Bonchev–Trinajstić information content (AvgIpc) is 3.44. The normalized spacial score (nSPS) is 19.8. The Balaban J connectivity index is 1.27. The summed E-state index contributed by atoms with van der Waals surface area (Å²) >= 11 is 0. The number of nitrogens with one attached hydrogen (secondary N) is 2. The third-order valence-electron chi connectivity index (χ3n) is 8.06. The van der Waals surface area contributed by atoms with Crippen LogP contribution in [0, 0.1) is 5.41 Å². The highest BCUT2D eigenvalue weighted by molar-refractivity contribution is 7.92. The predicted octanol–water partition coefficient (Wildman–Crippen LogP) is 3.88. The summed E-state index contributed by atoms with van der Waals surface area (Å²) in [4.78, 5) is 20.0. The molecule has 1 amide bonds. The lowest BCUT2D eigenvalue weighted by Gasteiger charge is -2.35. The van der Waals surface area contributed by atoms with Crippen molar-refractivity contribution in [2.24, 2.45) is 5.41 Å². The van der Waals surface area contributed by atoms with Crippen LogP contribution in [0.15, 0.2) is 42.9 Å². The number of hydrogen-bond donors (Lipinski definition) is 3. The highest BCUT2D eigenvalue weighted by Crippen LogP contribution is 2.54. The summed E-state index contributed by atoms with van der Waals surface area (Å²) in [7, 11) is -3.75. The zero-order valence-electron chi connectivity index (χ0n) is 21.8. The SMILES string of the molecule is O=C(Nc1cc(OC2CC(F)(F)C2)c2nccn2c1)c1ccc(NS(=O)(=O)CCO)cc1N1CCC2(CC1)CC2. The number of carbonyl (C=O) groups is 1. The second kappa shape index (κ2) is 9.88. The topological polar surface area (TPSA) is 125 Å². The monoisotopic (exact) mass is 575 g/mol. The number of sulfonamides is 1. The van der Waals surface area contributed by atoms with Crippen molar-refractivity contribution in [3.05, 3.63) is 48.4 Å². The Morgan fingerprint density at radius 1 is 1.12 bits per heavy atom. The number of fused-ring (bicyclic) bond motifs is 1. The van der Waals surface area contributed by atoms with E-state index < -0.39 is 40.3 Å². The Morgan fingerprint density at radius 3 is 2.55 bits per heavy atom. The van der Waals surface area contributed by atoms with Crippen LogP contribution in [-0.4, -0.2) is 66.3 Å². The molecule has 0 unspecified atom stereocenters. The van der Waals surface area contributed by atoms with Crippen LogP contribution in [0.3, 0.4) is 0 Å². The molecule has 0 atom stereocenters. The van der Waals surface area contributed by atoms with Gasteiger partial charge in [-0.05, 0) is 49.3 Å². The van der Waals surface area contributed by atoms with E-state index in [2.05, 4.69) is 19.9 Å². The minimum absolute atomic E-state index is 0.294. The first-order valence-electron chi connectivity index (χ1n) is 13.4. The molecule has 0 radical (unpaired) electrons. The van der Waals surface area contributed by atoms with Crippen molar-refractivity contribution in [1.29, 1.82) is 0 Å². The van der Waals surface area contributed by atoms with Gasteiger partial charge in [0.2, 0.25) is 10.0 Å². The highest BCUT2D eigenvalue weighted by atomic mass is 32.2. The van der Waals surface area contributed by atoms with Gasteiger partial charge in [-0.3, -0.25) is 9.52 Å². The molecule has 214 valence electrons. The Bertz CT molecular complexity index is 1540. The molecule has 1 spiro atoms. The molecule has 1 aromatic carbocycles. The van der Waals surface area contributed by atoms with E-state index in [0.29, 0.717) is 39.4 Å². The first kappa shape index (κ1) is 26.8. The maximum absolute atomic E-state index is 13.6. The minimum Gasteiger partial charge on any atom is -0.486 e. The Morgan fingerprint density at radius 2 is 1.88 bits per heavy atom. The lowest BCUT2D eigenvalue weighted by Crippen LogP contribution is -2.43. The fourth-order valence-electron chi connectivity index (χ4n) is 5.52. The van der Waals surface area contributed by atoms with Crippen LogP contribution in [0.1, 0.15) is 48.9 Å². The van der Waals surface area contributed by atoms with Gasteiger partial charge in [-0.25, -0.2) is 22.2 Å². The molecule has 2 saturated carbocycles. The third-order valence-corrected chi connectivity index (χ3v) is 9.32. The molecule has 6 rings (SSSR count). The highest BCUT2D eigenvalue weighted by Gasteiger charge is 2.47. The summed E-state index contributed by atoms with van der Waals surface area (Å²) in [5.41, 5.74) is 2.53. The zero-order chi connectivity index (χ0) is 28.1. The van der Waals surface area contributed by atoms with Crippen LogP contribution in [0.2, 0.25) is 0 Å². The smallest absolute Gasteiger partial charge is 0.257 e. The third kappa shape index (κ3) is 5.57. The van der Waals surface area contributed by atoms with Crippen LogP contribution in [-0.2, 0) is 10.0 Å². The van der Waals surface area contributed by atoms with Gasteiger partial charge in [0.1, 0.15) is 6.10 Å². The molecule has 1 saturated heterocycles. The number of halogens is 2. The summed E-state index contributed by atoms with van der Waals surface area (Å²) < 4.78 is 61.2. The maximum Gasteiger partial charge on any atom is 0.257 e. The molecule has 2 aromatic heterocycles. The number of imidazole rings is 1. The summed E-state index contributed by atoms with van der Waals surface area (Å²) in [5, 5.41) is 12.0. The number of hydrogen-bond acceptors (Lipinski definition) is 7. The lowest BCUT2D eigenvalue weighted by molar-refractivity contribution is -0.134. The van der Waals surface area contributed by atoms with E-state index in [0.717, 1.165) is 25.9 Å². The Hall–Kier alpha value is -3.45. The maximum atomic E-state index is 13.6. The summed E-state index contributed by atoms with van der Waals surface area (Å²) in [6, 6.07) is 6.32. The number of pyridine rings is 1. The van der Waals surface area contributed by atoms with Gasteiger partial charge in [0, 0.05) is 50.6 Å². The van der Waals surface area contributed by atoms with E-state index in [-0.39, 0.29) is 12.8 Å². The van der Waals surface area contributed by atoms with Crippen LogP contribution in [0.25, 0.3) is 5.65 Å². The number of carbonyl (C=O) groups excluding carboxylic acids is 1. The minimum atomic E-state index is -3.75. The molecule has 0 bridgehead atoms. The number of aromatic nitrogens is 2. The second-order valence-electron chi connectivity index (χ2n) is 11.1. The van der Waals surface area contributed by atoms with Gasteiger partial charge < -0.3 is 24.5 Å². The Kier molecular flexibility index (Phi) is 6.61. The molecule has 2 aliphatic carbocycles. The number of alkyl halides is 2. The van der Waals surface area contributed by atoms with E-state index in [4.69, 9.17) is 9.84 Å². The molecule has 3 aliphatic rings. The number of piperidine rings is 1. The largest absolute Gasteiger partial charge is 0.486 e. The van der Waals surface area contributed by atoms with Gasteiger partial charge in [0.15, 0.2) is 11.4 Å². The molecular weight excluding hydrogens is 544 g/mol. The average molecular weight is 576 g/mol. The lowest BCUT2D eigenvalue weighted by atomic mass is 9.91. The molecule has 1 aliphatic heterocycles. The van der Waals surface area contributed by atoms with Gasteiger partial charge in [0.05, 0.1) is 35.0 Å². The second-order valence-corrected chi connectivity index (χ2v) is 12.9. The van der Waals surface area contributed by atoms with Gasteiger partial charge in [-0.1, -0.05) is 0 Å². The van der Waals surface area contributed by atoms with Gasteiger partial charge >= 0.3 is 0 Å². The van der Waals surface area contributed by atoms with E-state index >= 15 is 0 Å². The number of anilines is 3. The standard InChI is InChI=1S/C27H31F2N5O5S/c28-27(29)15-20(16-27)39-23-14-19(17-34-10-7-30-24(23)34)31-25(36)21-2-1-18(32-40(37,38)12-11-35)13-22(21)33-8-5-26(3-4-26)6-9-33/h1-2,7,10,13-14,17,20,32,35H,3-6,8-9,11-12,15-16H2,(H,31,36). The summed E-state index contributed by atoms with van der Waals surface area (Å²) in [6.45, 7) is 0.989. The number of aliphatic hydroxyl groups is 1. The first-order valence-corrected chi connectivity index (χ1v) is 15.0. The number of aliphatic hydroxyl groups excluding tert-OH is 1. The van der Waals surface area contributed by atoms with Crippen LogP contribution in [0.4, 0.5) is 25.8 Å². The fourth-order valence-corrected chi connectivity index (χ4v) is 6.35. The molecule has 13 heteroatoms. The summed E-state index contributed by atoms with van der Waals surface area (Å²) in [5.74, 6) is -3.28. The Labute approximate surface area is 230 Å². The number of rotatable bonds is 9. The van der Waals surface area contributed by atoms with E-state index in [1.165, 1.54) is 18.9 Å². The predicted molar refractivity (Wildman–Crippen MR) is 146 cm³/mol.